The Morgan fingerprint density at radius 3 is 2.07 bits per heavy atom. The Morgan fingerprint density at radius 2 is 1.50 bits per heavy atom. The van der Waals surface area contributed by atoms with Crippen LogP contribution in [-0.2, 0) is 9.59 Å². The first-order valence-electron chi connectivity index (χ1n) is 13.1. The van der Waals surface area contributed by atoms with Crippen molar-refractivity contribution in [2.24, 2.45) is 0 Å². The predicted octanol–water partition coefficient (Wildman–Crippen LogP) is 6.18. The number of para-hydroxylation sites is 2. The number of nitrogens with zero attached hydrogens (tertiary/aromatic N) is 1. The lowest BCUT2D eigenvalue weighted by atomic mass is 9.78. The Balaban J connectivity index is 1.76. The summed E-state index contributed by atoms with van der Waals surface area (Å²) in [5.74, 6) is -1.56. The van der Waals surface area contributed by atoms with Gasteiger partial charge >= 0.3 is 12.1 Å². The van der Waals surface area contributed by atoms with Crippen LogP contribution in [0.25, 0.3) is 0 Å². The third-order valence-corrected chi connectivity index (χ3v) is 7.54. The quantitative estimate of drug-likeness (QED) is 0.371. The van der Waals surface area contributed by atoms with Crippen LogP contribution in [0.1, 0.15) is 35.9 Å². The second-order valence-corrected chi connectivity index (χ2v) is 9.87. The number of allylic oxidation sites excluding steroid dienone is 1. The van der Waals surface area contributed by atoms with Gasteiger partial charge in [-0.05, 0) is 59.9 Å². The molecule has 0 saturated carbocycles. The number of ether oxygens (including phenoxy) is 4. The molecule has 3 aromatic carbocycles. The summed E-state index contributed by atoms with van der Waals surface area (Å²) in [5, 5.41) is 3.22. The van der Waals surface area contributed by atoms with Crippen LogP contribution in [0.2, 0.25) is 0 Å². The average Bonchev–Trinajstić information content (AvgIpc) is 3.14. The minimum Gasteiger partial charge on any atom is -0.497 e. The first-order chi connectivity index (χ1) is 20.1. The van der Waals surface area contributed by atoms with E-state index < -0.39 is 23.9 Å². The molecule has 3 aromatic rings. The van der Waals surface area contributed by atoms with Crippen molar-refractivity contribution in [1.29, 1.82) is 0 Å². The maximum absolute atomic E-state index is 14.2. The number of fused-ring (bicyclic) bond motifs is 1. The summed E-state index contributed by atoms with van der Waals surface area (Å²) in [4.78, 5) is 27.9. The van der Waals surface area contributed by atoms with E-state index in [1.54, 1.807) is 31.4 Å². The van der Waals surface area contributed by atoms with E-state index in [1.807, 2.05) is 12.1 Å². The number of hydrogen-bond acceptors (Lipinski definition) is 7. The van der Waals surface area contributed by atoms with Crippen molar-refractivity contribution in [3.05, 3.63) is 83.1 Å². The van der Waals surface area contributed by atoms with Crippen LogP contribution in [0.4, 0.5) is 24.5 Å². The highest BCUT2D eigenvalue weighted by Crippen LogP contribution is 2.50. The molecule has 220 valence electrons. The fraction of sp³-hybridized carbons (Fsp3) is 0.290. The van der Waals surface area contributed by atoms with E-state index in [4.69, 9.17) is 18.9 Å². The Bertz CT molecular complexity index is 1530. The SMILES string of the molecule is COc1ccc(C2CC(=O)C3=C(C2)Nc2ccccc2N(C(=O)C(F)(F)F)C3c2cc(OC)c(OC)c(OC)c2)cc1. The van der Waals surface area contributed by atoms with Gasteiger partial charge in [0.15, 0.2) is 17.3 Å². The number of carbonyl (C=O) groups is 2. The minimum atomic E-state index is -5.24. The summed E-state index contributed by atoms with van der Waals surface area (Å²) in [7, 11) is 5.70. The lowest BCUT2D eigenvalue weighted by Crippen LogP contribution is -2.45. The molecule has 0 saturated heterocycles. The summed E-state index contributed by atoms with van der Waals surface area (Å²) in [6, 6.07) is 15.0. The van der Waals surface area contributed by atoms with Gasteiger partial charge in [-0.25, -0.2) is 0 Å². The van der Waals surface area contributed by atoms with E-state index in [2.05, 4.69) is 5.32 Å². The molecule has 0 spiro atoms. The van der Waals surface area contributed by atoms with Gasteiger partial charge < -0.3 is 24.3 Å². The average molecular weight is 583 g/mol. The molecule has 0 fully saturated rings. The fourth-order valence-electron chi connectivity index (χ4n) is 5.64. The number of hydrogen-bond donors (Lipinski definition) is 1. The summed E-state index contributed by atoms with van der Waals surface area (Å²) < 4.78 is 64.3. The largest absolute Gasteiger partial charge is 0.497 e. The molecule has 11 heteroatoms. The van der Waals surface area contributed by atoms with Crippen LogP contribution >= 0.6 is 0 Å². The molecule has 0 radical (unpaired) electrons. The monoisotopic (exact) mass is 582 g/mol. The van der Waals surface area contributed by atoms with Crippen molar-refractivity contribution >= 4 is 23.1 Å². The number of halogens is 3. The number of amides is 1. The predicted molar refractivity (Wildman–Crippen MR) is 149 cm³/mol. The minimum absolute atomic E-state index is 0.0260. The van der Waals surface area contributed by atoms with Gasteiger partial charge in [-0.15, -0.1) is 0 Å². The van der Waals surface area contributed by atoms with E-state index in [-0.39, 0.29) is 52.1 Å². The molecule has 2 atom stereocenters. The van der Waals surface area contributed by atoms with Gasteiger partial charge in [0.05, 0.1) is 45.9 Å². The fourth-order valence-corrected chi connectivity index (χ4v) is 5.64. The molecule has 1 N–H and O–H groups in total. The molecule has 8 nitrogen and oxygen atoms in total. The van der Waals surface area contributed by atoms with Crippen LogP contribution in [0.3, 0.4) is 0 Å². The maximum Gasteiger partial charge on any atom is 0.471 e. The zero-order valence-electron chi connectivity index (χ0n) is 23.4. The summed E-state index contributed by atoms with van der Waals surface area (Å²) >= 11 is 0. The van der Waals surface area contributed by atoms with E-state index in [1.165, 1.54) is 45.6 Å². The van der Waals surface area contributed by atoms with Crippen LogP contribution in [0.15, 0.2) is 71.9 Å². The standard InChI is InChI=1S/C31H29F3N2O6/c1-39-20-11-9-17(10-12-20)18-13-22-27(24(37)14-18)28(19-15-25(40-2)29(42-4)26(16-19)41-3)36(30(38)31(32,33)34)23-8-6-5-7-21(23)35-22/h5-12,15-16,18,28,35H,13-14H2,1-4H3. The zero-order chi connectivity index (χ0) is 30.2. The second-order valence-electron chi connectivity index (χ2n) is 9.87. The lowest BCUT2D eigenvalue weighted by Gasteiger charge is -2.35. The molecule has 1 aliphatic carbocycles. The van der Waals surface area contributed by atoms with Gasteiger partial charge in [0.25, 0.3) is 0 Å². The first kappa shape index (κ1) is 28.8. The van der Waals surface area contributed by atoms with Crippen molar-refractivity contribution in [2.45, 2.75) is 31.0 Å². The third kappa shape index (κ3) is 5.10. The van der Waals surface area contributed by atoms with Crippen LogP contribution < -0.4 is 29.2 Å². The normalized spacial score (nSPS) is 18.4. The van der Waals surface area contributed by atoms with E-state index in [0.717, 1.165) is 5.56 Å². The lowest BCUT2D eigenvalue weighted by molar-refractivity contribution is -0.170. The van der Waals surface area contributed by atoms with Crippen molar-refractivity contribution in [2.75, 3.05) is 38.7 Å². The summed E-state index contributed by atoms with van der Waals surface area (Å²) in [5.41, 5.74) is 1.79. The topological polar surface area (TPSA) is 86.3 Å². The number of alkyl halides is 3. The highest BCUT2D eigenvalue weighted by Gasteiger charge is 2.50. The van der Waals surface area contributed by atoms with Gasteiger partial charge in [0.2, 0.25) is 5.75 Å². The number of Topliss-reactive ketones (excluding diaryl/α,β-unsaturated/α-hetero) is 1. The Labute approximate surface area is 240 Å². The molecule has 0 aromatic heterocycles. The number of ketones is 1. The van der Waals surface area contributed by atoms with Crippen LogP contribution in [0.5, 0.6) is 23.0 Å². The van der Waals surface area contributed by atoms with Crippen molar-refractivity contribution in [3.63, 3.8) is 0 Å². The number of carbonyl (C=O) groups excluding carboxylic acids is 2. The van der Waals surface area contributed by atoms with Gasteiger partial charge in [-0.2, -0.15) is 13.2 Å². The molecule has 1 amide bonds. The molecule has 2 unspecified atom stereocenters. The number of benzene rings is 3. The number of anilines is 2. The highest BCUT2D eigenvalue weighted by atomic mass is 19.4. The highest BCUT2D eigenvalue weighted by molar-refractivity contribution is 6.07. The van der Waals surface area contributed by atoms with E-state index in [9.17, 15) is 22.8 Å². The van der Waals surface area contributed by atoms with Gasteiger partial charge in [0, 0.05) is 17.7 Å². The maximum atomic E-state index is 14.2. The Morgan fingerprint density at radius 1 is 0.857 bits per heavy atom. The Kier molecular flexibility index (Phi) is 7.77. The van der Waals surface area contributed by atoms with E-state index in [0.29, 0.717) is 22.8 Å². The van der Waals surface area contributed by atoms with Crippen molar-refractivity contribution < 1.29 is 41.7 Å². The summed E-state index contributed by atoms with van der Waals surface area (Å²) in [6.07, 6.45) is -4.89. The molecular weight excluding hydrogens is 553 g/mol. The molecule has 5 rings (SSSR count). The first-order valence-corrected chi connectivity index (χ1v) is 13.1. The second kappa shape index (κ2) is 11.3. The smallest absolute Gasteiger partial charge is 0.471 e. The van der Waals surface area contributed by atoms with Crippen LogP contribution in [-0.4, -0.2) is 46.3 Å². The number of nitrogens with one attached hydrogen (secondary N) is 1. The number of methoxy groups -OCH3 is 4. The van der Waals surface area contributed by atoms with E-state index >= 15 is 0 Å². The number of rotatable bonds is 6. The Hall–Kier alpha value is -4.67. The van der Waals surface area contributed by atoms with Gasteiger partial charge in [0.1, 0.15) is 5.75 Å². The molecule has 0 bridgehead atoms. The van der Waals surface area contributed by atoms with Gasteiger partial charge in [-0.3, -0.25) is 14.5 Å². The van der Waals surface area contributed by atoms with Gasteiger partial charge in [-0.1, -0.05) is 24.3 Å². The molecular formula is C31H29F3N2O6. The third-order valence-electron chi connectivity index (χ3n) is 7.54. The molecule has 42 heavy (non-hydrogen) atoms. The van der Waals surface area contributed by atoms with Crippen molar-refractivity contribution in [1.82, 2.24) is 0 Å². The van der Waals surface area contributed by atoms with Crippen molar-refractivity contribution in [3.8, 4) is 23.0 Å². The summed E-state index contributed by atoms with van der Waals surface area (Å²) in [6.45, 7) is 0. The molecule has 1 aliphatic heterocycles. The molecule has 1 heterocycles. The van der Waals surface area contributed by atoms with Crippen LogP contribution in [0, 0.1) is 0 Å². The zero-order valence-corrected chi connectivity index (χ0v) is 23.4. The molecule has 2 aliphatic rings.